The Hall–Kier alpha value is -0.120. The average Bonchev–Trinajstić information content (AvgIpc) is 2.29. The lowest BCUT2D eigenvalue weighted by Gasteiger charge is -2.32. The first-order chi connectivity index (χ1) is 8.04. The maximum atomic E-state index is 8.57. The van der Waals surface area contributed by atoms with Gasteiger partial charge in [0.25, 0.3) is 0 Å². The summed E-state index contributed by atoms with van der Waals surface area (Å²) in [5.41, 5.74) is -0.0870. The van der Waals surface area contributed by atoms with Crippen molar-refractivity contribution in [3.05, 3.63) is 0 Å². The third kappa shape index (κ3) is 8.58. The highest BCUT2D eigenvalue weighted by Crippen LogP contribution is 2.25. The van der Waals surface area contributed by atoms with Crippen molar-refractivity contribution in [1.29, 1.82) is 0 Å². The number of hydrogen-bond donors (Lipinski definition) is 1. The molecule has 1 unspecified atom stereocenters. The third-order valence-corrected chi connectivity index (χ3v) is 3.36. The molecular weight excluding hydrogens is 216 g/mol. The minimum absolute atomic E-state index is 0.0802. The van der Waals surface area contributed by atoms with E-state index in [-0.39, 0.29) is 12.2 Å². The van der Waals surface area contributed by atoms with Crippen LogP contribution in [-0.4, -0.2) is 37.1 Å². The normalized spacial score (nSPS) is 13.9. The first-order valence-electron chi connectivity index (χ1n) is 6.87. The van der Waals surface area contributed by atoms with Crippen LogP contribution in [0.2, 0.25) is 0 Å². The maximum absolute atomic E-state index is 8.57. The predicted octanol–water partition coefficient (Wildman–Crippen LogP) is 3.01. The topological polar surface area (TPSA) is 38.7 Å². The molecule has 3 heteroatoms. The molecule has 0 aliphatic rings. The minimum Gasteiger partial charge on any atom is -0.394 e. The second-order valence-corrected chi connectivity index (χ2v) is 5.18. The summed E-state index contributed by atoms with van der Waals surface area (Å²) in [5.74, 6) is 0.562. The van der Waals surface area contributed by atoms with E-state index in [1.807, 2.05) is 0 Å². The number of rotatable bonds is 11. The van der Waals surface area contributed by atoms with Crippen molar-refractivity contribution in [2.75, 3.05) is 26.4 Å². The smallest absolute Gasteiger partial charge is 0.0707 e. The molecule has 1 N–H and O–H groups in total. The van der Waals surface area contributed by atoms with E-state index >= 15 is 0 Å². The van der Waals surface area contributed by atoms with Crippen LogP contribution in [0.15, 0.2) is 0 Å². The molecule has 104 valence electrons. The molecule has 1 atom stereocenters. The van der Waals surface area contributed by atoms with E-state index in [0.717, 1.165) is 0 Å². The molecule has 0 aliphatic heterocycles. The van der Waals surface area contributed by atoms with Gasteiger partial charge in [-0.2, -0.15) is 0 Å². The Morgan fingerprint density at radius 3 is 2.41 bits per heavy atom. The van der Waals surface area contributed by atoms with Gasteiger partial charge in [0, 0.05) is 0 Å². The van der Waals surface area contributed by atoms with Gasteiger partial charge < -0.3 is 14.6 Å². The monoisotopic (exact) mass is 246 g/mol. The van der Waals surface area contributed by atoms with Gasteiger partial charge in [-0.15, -0.1) is 0 Å². The van der Waals surface area contributed by atoms with Crippen LogP contribution >= 0.6 is 0 Å². The first kappa shape index (κ1) is 16.9. The van der Waals surface area contributed by atoms with Crippen LogP contribution < -0.4 is 0 Å². The molecule has 0 aromatic carbocycles. The number of hydrogen-bond acceptors (Lipinski definition) is 3. The lowest BCUT2D eigenvalue weighted by Crippen LogP contribution is -2.34. The van der Waals surface area contributed by atoms with E-state index < -0.39 is 0 Å². The highest BCUT2D eigenvalue weighted by molar-refractivity contribution is 4.76. The summed E-state index contributed by atoms with van der Waals surface area (Å²) in [4.78, 5) is 0. The summed E-state index contributed by atoms with van der Waals surface area (Å²) in [5, 5.41) is 8.57. The van der Waals surface area contributed by atoms with Crippen molar-refractivity contribution < 1.29 is 14.6 Å². The molecule has 0 fully saturated rings. The third-order valence-electron chi connectivity index (χ3n) is 3.36. The van der Waals surface area contributed by atoms with Crippen LogP contribution in [0, 0.1) is 5.92 Å². The van der Waals surface area contributed by atoms with E-state index in [9.17, 15) is 0 Å². The largest absolute Gasteiger partial charge is 0.394 e. The van der Waals surface area contributed by atoms with Gasteiger partial charge in [0.05, 0.1) is 32.0 Å². The highest BCUT2D eigenvalue weighted by atomic mass is 16.5. The van der Waals surface area contributed by atoms with Gasteiger partial charge in [0.15, 0.2) is 0 Å². The van der Waals surface area contributed by atoms with Crippen molar-refractivity contribution in [3.8, 4) is 0 Å². The molecular formula is C14H30O3. The van der Waals surface area contributed by atoms with Crippen LogP contribution in [0.1, 0.15) is 53.4 Å². The van der Waals surface area contributed by atoms with E-state index in [0.29, 0.717) is 25.7 Å². The molecule has 17 heavy (non-hydrogen) atoms. The molecule has 0 aromatic rings. The Kier molecular flexibility index (Phi) is 9.79. The van der Waals surface area contributed by atoms with Crippen molar-refractivity contribution >= 4 is 0 Å². The molecule has 0 saturated heterocycles. The van der Waals surface area contributed by atoms with Crippen molar-refractivity contribution in [3.63, 3.8) is 0 Å². The SMILES string of the molecule is CCCCCC(C)C(C)(C)OCCOCCO. The van der Waals surface area contributed by atoms with E-state index in [1.54, 1.807) is 0 Å². The van der Waals surface area contributed by atoms with Gasteiger partial charge in [-0.25, -0.2) is 0 Å². The van der Waals surface area contributed by atoms with Crippen molar-refractivity contribution in [1.82, 2.24) is 0 Å². The van der Waals surface area contributed by atoms with E-state index in [4.69, 9.17) is 14.6 Å². The molecule has 0 bridgehead atoms. The van der Waals surface area contributed by atoms with Gasteiger partial charge in [0.1, 0.15) is 0 Å². The molecule has 0 spiro atoms. The maximum Gasteiger partial charge on any atom is 0.0707 e. The van der Waals surface area contributed by atoms with Crippen LogP contribution in [0.3, 0.4) is 0 Å². The fourth-order valence-corrected chi connectivity index (χ4v) is 1.72. The summed E-state index contributed by atoms with van der Waals surface area (Å²) < 4.78 is 11.0. The van der Waals surface area contributed by atoms with E-state index in [1.165, 1.54) is 25.7 Å². The molecule has 0 saturated carbocycles. The second kappa shape index (κ2) is 9.86. The van der Waals surface area contributed by atoms with Gasteiger partial charge >= 0.3 is 0 Å². The zero-order valence-electron chi connectivity index (χ0n) is 12.0. The van der Waals surface area contributed by atoms with Gasteiger partial charge in [-0.1, -0.05) is 33.1 Å². The molecule has 0 amide bonds. The Morgan fingerprint density at radius 1 is 1.12 bits per heavy atom. The molecule has 0 rings (SSSR count). The number of aliphatic hydroxyl groups is 1. The second-order valence-electron chi connectivity index (χ2n) is 5.18. The van der Waals surface area contributed by atoms with Crippen LogP contribution in [0.4, 0.5) is 0 Å². The van der Waals surface area contributed by atoms with Crippen LogP contribution in [0.5, 0.6) is 0 Å². The lowest BCUT2D eigenvalue weighted by molar-refractivity contribution is -0.0791. The fraction of sp³-hybridized carbons (Fsp3) is 1.00. The Labute approximate surface area is 107 Å². The van der Waals surface area contributed by atoms with Crippen molar-refractivity contribution in [2.24, 2.45) is 5.92 Å². The highest BCUT2D eigenvalue weighted by Gasteiger charge is 2.25. The number of unbranched alkanes of at least 4 members (excludes halogenated alkanes) is 2. The molecule has 3 nitrogen and oxygen atoms in total. The van der Waals surface area contributed by atoms with Crippen molar-refractivity contribution in [2.45, 2.75) is 59.0 Å². The van der Waals surface area contributed by atoms with Gasteiger partial charge in [-0.05, 0) is 26.2 Å². The summed E-state index contributed by atoms with van der Waals surface area (Å²) in [6.45, 7) is 10.4. The van der Waals surface area contributed by atoms with Crippen LogP contribution in [-0.2, 0) is 9.47 Å². The first-order valence-corrected chi connectivity index (χ1v) is 6.87. The zero-order valence-corrected chi connectivity index (χ0v) is 12.0. The van der Waals surface area contributed by atoms with Gasteiger partial charge in [-0.3, -0.25) is 0 Å². The van der Waals surface area contributed by atoms with Crippen LogP contribution in [0.25, 0.3) is 0 Å². The summed E-state index contributed by atoms with van der Waals surface area (Å²) in [6.07, 6.45) is 5.08. The number of aliphatic hydroxyl groups excluding tert-OH is 1. The fourth-order valence-electron chi connectivity index (χ4n) is 1.72. The van der Waals surface area contributed by atoms with Gasteiger partial charge in [0.2, 0.25) is 0 Å². The number of ether oxygens (including phenoxy) is 2. The minimum atomic E-state index is -0.0870. The average molecular weight is 246 g/mol. The van der Waals surface area contributed by atoms with E-state index in [2.05, 4.69) is 27.7 Å². The summed E-state index contributed by atoms with van der Waals surface area (Å²) >= 11 is 0. The molecule has 0 aromatic heterocycles. The Morgan fingerprint density at radius 2 is 1.82 bits per heavy atom. The molecule has 0 aliphatic carbocycles. The molecule has 0 heterocycles. The summed E-state index contributed by atoms with van der Waals surface area (Å²) in [6, 6.07) is 0. The molecule has 0 radical (unpaired) electrons. The predicted molar refractivity (Wildman–Crippen MR) is 71.2 cm³/mol. The Balaban J connectivity index is 3.68. The lowest BCUT2D eigenvalue weighted by atomic mass is 9.88. The Bertz CT molecular complexity index is 169. The summed E-state index contributed by atoms with van der Waals surface area (Å²) in [7, 11) is 0. The quantitative estimate of drug-likeness (QED) is 0.570. The standard InChI is InChI=1S/C14H30O3/c1-5-6-7-8-13(2)14(3,4)17-12-11-16-10-9-15/h13,15H,5-12H2,1-4H3. The zero-order chi connectivity index (χ0) is 13.1.